The lowest BCUT2D eigenvalue weighted by Gasteiger charge is -2.37. The van der Waals surface area contributed by atoms with E-state index in [1.54, 1.807) is 16.9 Å². The largest absolute Gasteiger partial charge is 0.497 e. The van der Waals surface area contributed by atoms with Crippen molar-refractivity contribution in [2.45, 2.75) is 50.2 Å². The third-order valence-electron chi connectivity index (χ3n) is 9.91. The lowest BCUT2D eigenvalue weighted by Crippen LogP contribution is -2.51. The van der Waals surface area contributed by atoms with Gasteiger partial charge in [0.15, 0.2) is 5.60 Å². The van der Waals surface area contributed by atoms with Gasteiger partial charge in [-0.05, 0) is 72.1 Å². The Morgan fingerprint density at radius 1 is 1.00 bits per heavy atom. The minimum absolute atomic E-state index is 0.0372. The Kier molecular flexibility index (Phi) is 8.82. The summed E-state index contributed by atoms with van der Waals surface area (Å²) in [6.07, 6.45) is 0.918. The number of rotatable bonds is 10. The molecule has 0 aliphatic carbocycles. The van der Waals surface area contributed by atoms with Gasteiger partial charge < -0.3 is 19.5 Å². The molecule has 1 N–H and O–H groups in total. The van der Waals surface area contributed by atoms with Gasteiger partial charge in [-0.3, -0.25) is 14.5 Å². The number of carbonyl (C=O) groups is 2. The second-order valence-corrected chi connectivity index (χ2v) is 17.8. The van der Waals surface area contributed by atoms with Crippen molar-refractivity contribution in [3.05, 3.63) is 113 Å². The molecule has 6 rings (SSSR count). The van der Waals surface area contributed by atoms with Gasteiger partial charge >= 0.3 is 0 Å². The van der Waals surface area contributed by atoms with Crippen LogP contribution >= 0.6 is 11.6 Å². The first-order valence-corrected chi connectivity index (χ1v) is 19.0. The Labute approximate surface area is 276 Å². The molecule has 238 valence electrons. The highest BCUT2D eigenvalue weighted by Crippen LogP contribution is 2.60. The molecule has 0 aromatic heterocycles. The summed E-state index contributed by atoms with van der Waals surface area (Å²) in [5.74, 6) is 0.492. The van der Waals surface area contributed by atoms with Crippen LogP contribution in [0.1, 0.15) is 24.5 Å². The molecule has 0 radical (unpaired) electrons. The first-order chi connectivity index (χ1) is 22.1. The molecular formula is C37H39ClN2O5Si. The van der Waals surface area contributed by atoms with Crippen LogP contribution < -0.4 is 19.7 Å². The van der Waals surface area contributed by atoms with Gasteiger partial charge in [-0.1, -0.05) is 79.3 Å². The Hall–Kier alpha value is -3.95. The van der Waals surface area contributed by atoms with Gasteiger partial charge in [0.2, 0.25) is 6.41 Å². The minimum atomic E-state index is -2.28. The van der Waals surface area contributed by atoms with Crippen LogP contribution in [0.25, 0.3) is 0 Å². The fourth-order valence-electron chi connectivity index (χ4n) is 7.64. The molecule has 1 saturated heterocycles. The molecular weight excluding hydrogens is 616 g/mol. The summed E-state index contributed by atoms with van der Waals surface area (Å²) in [4.78, 5) is 30.2. The summed E-state index contributed by atoms with van der Waals surface area (Å²) >= 11 is 6.59. The van der Waals surface area contributed by atoms with Gasteiger partial charge in [-0.15, -0.1) is 0 Å². The van der Waals surface area contributed by atoms with Crippen LogP contribution in [0.2, 0.25) is 23.7 Å². The van der Waals surface area contributed by atoms with Crippen molar-refractivity contribution in [1.82, 2.24) is 0 Å². The molecule has 2 aliphatic heterocycles. The zero-order chi connectivity index (χ0) is 32.6. The van der Waals surface area contributed by atoms with Crippen molar-refractivity contribution < 1.29 is 24.2 Å². The molecule has 2 amide bonds. The zero-order valence-electron chi connectivity index (χ0n) is 26.5. The number of fused-ring (bicyclic) bond motifs is 2. The van der Waals surface area contributed by atoms with E-state index >= 15 is 0 Å². The van der Waals surface area contributed by atoms with Crippen LogP contribution in [0.4, 0.5) is 17.1 Å². The summed E-state index contributed by atoms with van der Waals surface area (Å²) in [7, 11) is -0.620. The molecule has 2 heterocycles. The standard InChI is InChI=1S/C37H39ClN2O5Si/c1-25-35(46(3,4)31-17-15-30(44-2)16-18-31)34(20-21-41)45-37(25)32-22-27(38)12-19-33(32)39(36(37)43)23-26-10-13-29(14-11-26)40(24-42)28-8-6-5-7-9-28/h5-19,22,24-25,34-35,41H,20-21,23H2,1-4H3/t25-,34+,35-,37+/m0/s1. The fourth-order valence-corrected chi connectivity index (χ4v) is 11.9. The van der Waals surface area contributed by atoms with Gasteiger partial charge in [0.05, 0.1) is 33.5 Å². The zero-order valence-corrected chi connectivity index (χ0v) is 28.3. The lowest BCUT2D eigenvalue weighted by molar-refractivity contribution is -0.146. The van der Waals surface area contributed by atoms with Crippen LogP contribution in [-0.4, -0.2) is 45.3 Å². The molecule has 4 aromatic carbocycles. The van der Waals surface area contributed by atoms with Crippen molar-refractivity contribution in [3.8, 4) is 5.75 Å². The molecule has 0 saturated carbocycles. The van der Waals surface area contributed by atoms with E-state index in [-0.39, 0.29) is 30.1 Å². The van der Waals surface area contributed by atoms with E-state index in [4.69, 9.17) is 21.1 Å². The molecule has 4 aromatic rings. The van der Waals surface area contributed by atoms with E-state index in [2.05, 4.69) is 32.2 Å². The third-order valence-corrected chi connectivity index (χ3v) is 14.5. The summed E-state index contributed by atoms with van der Waals surface area (Å²) < 4.78 is 12.4. The maximum absolute atomic E-state index is 14.8. The SMILES string of the molecule is COc1ccc([Si](C)(C)[C@@H]2[C@@H](CCO)O[C@]3(C(=O)N(Cc4ccc(N(C=O)c5ccccc5)cc4)c4ccc(Cl)cc43)[C@H]2C)cc1. The van der Waals surface area contributed by atoms with E-state index in [1.165, 1.54) is 5.19 Å². The number of nitrogens with zero attached hydrogens (tertiary/aromatic N) is 2. The highest BCUT2D eigenvalue weighted by Gasteiger charge is 2.66. The summed E-state index contributed by atoms with van der Waals surface area (Å²) in [5, 5.41) is 11.9. The van der Waals surface area contributed by atoms with Crippen LogP contribution in [0, 0.1) is 5.92 Å². The van der Waals surface area contributed by atoms with E-state index in [0.29, 0.717) is 18.0 Å². The smallest absolute Gasteiger partial charge is 0.264 e. The first kappa shape index (κ1) is 32.0. The first-order valence-electron chi connectivity index (χ1n) is 15.6. The second kappa shape index (κ2) is 12.7. The minimum Gasteiger partial charge on any atom is -0.497 e. The van der Waals surface area contributed by atoms with Crippen LogP contribution in [0.15, 0.2) is 97.1 Å². The molecule has 2 aliphatic rings. The van der Waals surface area contributed by atoms with E-state index in [0.717, 1.165) is 40.3 Å². The number of carbonyl (C=O) groups excluding carboxylic acids is 2. The number of aliphatic hydroxyl groups is 1. The Morgan fingerprint density at radius 2 is 1.67 bits per heavy atom. The number of ether oxygens (including phenoxy) is 2. The quantitative estimate of drug-likeness (QED) is 0.151. The van der Waals surface area contributed by atoms with Crippen LogP contribution in [-0.2, 0) is 26.5 Å². The van der Waals surface area contributed by atoms with E-state index < -0.39 is 13.7 Å². The molecule has 1 fully saturated rings. The van der Waals surface area contributed by atoms with Gasteiger partial charge in [0.25, 0.3) is 5.91 Å². The lowest BCUT2D eigenvalue weighted by atomic mass is 9.82. The highest BCUT2D eigenvalue weighted by atomic mass is 35.5. The second-order valence-electron chi connectivity index (χ2n) is 12.7. The Balaban J connectivity index is 1.35. The number of hydrogen-bond donors (Lipinski definition) is 1. The predicted molar refractivity (Wildman–Crippen MR) is 185 cm³/mol. The number of para-hydroxylation sites is 1. The summed E-state index contributed by atoms with van der Waals surface area (Å²) in [6, 6.07) is 30.9. The Bertz CT molecular complexity index is 1720. The maximum Gasteiger partial charge on any atom is 0.264 e. The number of benzene rings is 4. The third kappa shape index (κ3) is 5.33. The molecule has 46 heavy (non-hydrogen) atoms. The Morgan fingerprint density at radius 3 is 2.30 bits per heavy atom. The number of halogens is 1. The fraction of sp³-hybridized carbons (Fsp3) is 0.297. The van der Waals surface area contributed by atoms with Crippen molar-refractivity contribution in [1.29, 1.82) is 0 Å². The maximum atomic E-state index is 14.8. The molecule has 1 spiro atoms. The average Bonchev–Trinajstić information content (AvgIpc) is 3.49. The molecule has 0 bridgehead atoms. The van der Waals surface area contributed by atoms with Crippen LogP contribution in [0.5, 0.6) is 5.75 Å². The van der Waals surface area contributed by atoms with E-state index in [1.807, 2.05) is 84.9 Å². The van der Waals surface area contributed by atoms with Gasteiger partial charge in [-0.25, -0.2) is 0 Å². The van der Waals surface area contributed by atoms with Gasteiger partial charge in [0.1, 0.15) is 5.75 Å². The molecule has 0 unspecified atom stereocenters. The molecule has 7 nitrogen and oxygen atoms in total. The number of anilines is 3. The van der Waals surface area contributed by atoms with Gasteiger partial charge in [-0.2, -0.15) is 0 Å². The van der Waals surface area contributed by atoms with Crippen molar-refractivity contribution in [2.75, 3.05) is 23.5 Å². The predicted octanol–water partition coefficient (Wildman–Crippen LogP) is 6.79. The normalized spacial score (nSPS) is 22.3. The monoisotopic (exact) mass is 654 g/mol. The van der Waals surface area contributed by atoms with Gasteiger partial charge in [0, 0.05) is 34.5 Å². The number of methoxy groups -OCH3 is 1. The molecule has 4 atom stereocenters. The number of hydrogen-bond acceptors (Lipinski definition) is 5. The van der Waals surface area contributed by atoms with E-state index in [9.17, 15) is 14.7 Å². The average molecular weight is 655 g/mol. The molecule has 9 heteroatoms. The van der Waals surface area contributed by atoms with Crippen molar-refractivity contribution in [3.63, 3.8) is 0 Å². The number of aliphatic hydroxyl groups excluding tert-OH is 1. The van der Waals surface area contributed by atoms with Crippen LogP contribution in [0.3, 0.4) is 0 Å². The van der Waals surface area contributed by atoms with Crippen molar-refractivity contribution >= 4 is 54.2 Å². The topological polar surface area (TPSA) is 79.3 Å². The number of amides is 2. The highest BCUT2D eigenvalue weighted by molar-refractivity contribution is 6.91. The summed E-state index contributed by atoms with van der Waals surface area (Å²) in [6.45, 7) is 7.05. The summed E-state index contributed by atoms with van der Waals surface area (Å²) in [5.41, 5.74) is 2.77. The van der Waals surface area contributed by atoms with Crippen molar-refractivity contribution in [2.24, 2.45) is 5.92 Å².